The van der Waals surface area contributed by atoms with Gasteiger partial charge in [-0.3, -0.25) is 19.1 Å². The molecule has 4 aromatic rings. The summed E-state index contributed by atoms with van der Waals surface area (Å²) < 4.78 is 39.0. The van der Waals surface area contributed by atoms with Crippen LogP contribution < -0.4 is 15.2 Å². The van der Waals surface area contributed by atoms with Crippen molar-refractivity contribution < 1.29 is 18.3 Å². The first-order valence-electron chi connectivity index (χ1n) is 14.9. The van der Waals surface area contributed by atoms with Crippen LogP contribution in [0.1, 0.15) is 49.9 Å². The molecule has 9 nitrogen and oxygen atoms in total. The van der Waals surface area contributed by atoms with Crippen LogP contribution >= 0.6 is 0 Å². The number of nitriles is 1. The van der Waals surface area contributed by atoms with Crippen molar-refractivity contribution in [1.82, 2.24) is 19.4 Å². The Morgan fingerprint density at radius 1 is 1.20 bits per heavy atom. The summed E-state index contributed by atoms with van der Waals surface area (Å²) in [6, 6.07) is 9.05. The minimum absolute atomic E-state index is 0.0631. The molecule has 1 aromatic carbocycles. The highest BCUT2D eigenvalue weighted by molar-refractivity contribution is 5.96. The number of nitrogens with zero attached hydrogens (tertiary/aromatic N) is 6. The first kappa shape index (κ1) is 29.9. The van der Waals surface area contributed by atoms with E-state index in [0.717, 1.165) is 5.56 Å². The highest BCUT2D eigenvalue weighted by Gasteiger charge is 2.33. The van der Waals surface area contributed by atoms with Gasteiger partial charge in [-0.1, -0.05) is 26.5 Å². The van der Waals surface area contributed by atoms with E-state index >= 15 is 8.78 Å². The molecule has 45 heavy (non-hydrogen) atoms. The van der Waals surface area contributed by atoms with E-state index in [2.05, 4.69) is 17.6 Å². The molecule has 5 heterocycles. The van der Waals surface area contributed by atoms with Crippen LogP contribution in [0.25, 0.3) is 28.0 Å². The molecule has 6 rings (SSSR count). The lowest BCUT2D eigenvalue weighted by Gasteiger charge is -2.41. The third kappa shape index (κ3) is 5.00. The summed E-state index contributed by atoms with van der Waals surface area (Å²) >= 11 is 0. The van der Waals surface area contributed by atoms with Gasteiger partial charge in [-0.15, -0.1) is 0 Å². The van der Waals surface area contributed by atoms with E-state index in [-0.39, 0.29) is 70.3 Å². The predicted octanol–water partition coefficient (Wildman–Crippen LogP) is 5.27. The van der Waals surface area contributed by atoms with E-state index in [1.807, 2.05) is 31.7 Å². The molecule has 230 valence electrons. The fraction of sp³-hybridized carbons (Fsp3) is 0.324. The zero-order chi connectivity index (χ0) is 32.0. The summed E-state index contributed by atoms with van der Waals surface area (Å²) in [6.45, 7) is 10.4. The number of anilines is 1. The molecule has 1 amide bonds. The van der Waals surface area contributed by atoms with Crippen molar-refractivity contribution in [2.75, 3.05) is 31.1 Å². The summed E-state index contributed by atoms with van der Waals surface area (Å²) in [5, 5.41) is 10.7. The molecule has 1 atom stereocenters. The zero-order valence-corrected chi connectivity index (χ0v) is 25.3. The molecule has 1 saturated heterocycles. The standard InChI is InChI=1S/C34H32F2N6O3/c1-5-27(43)40-13-14-41(20(4)18-40)32-22-16-25(36)30-28-24(35)9-6-10-26(28)45-15-7-8-21-11-12-38-29(19(2)3)31(21)42(33(22)39-30)34(44)23(32)17-37/h5-6,9-12,16,19-20H,1,7-8,13-15,18H2,2-4H3. The Balaban J connectivity index is 1.75. The Bertz CT molecular complexity index is 1960. The maximum absolute atomic E-state index is 16.3. The van der Waals surface area contributed by atoms with E-state index in [1.54, 1.807) is 17.2 Å². The first-order chi connectivity index (χ1) is 21.7. The minimum Gasteiger partial charge on any atom is -0.493 e. The molecule has 0 spiro atoms. The third-order valence-electron chi connectivity index (χ3n) is 8.46. The quantitative estimate of drug-likeness (QED) is 0.291. The lowest BCUT2D eigenvalue weighted by molar-refractivity contribution is -0.126. The van der Waals surface area contributed by atoms with Gasteiger partial charge in [-0.2, -0.15) is 5.26 Å². The number of fused-ring (bicyclic) bond motifs is 5. The number of pyridine rings is 3. The normalized spacial score (nSPS) is 16.3. The molecule has 1 fully saturated rings. The Labute approximate surface area is 259 Å². The molecule has 0 N–H and O–H groups in total. The lowest BCUT2D eigenvalue weighted by Crippen LogP contribution is -2.54. The third-order valence-corrected chi connectivity index (χ3v) is 8.46. The Kier molecular flexibility index (Phi) is 7.83. The molecule has 0 radical (unpaired) electrons. The fourth-order valence-corrected chi connectivity index (χ4v) is 6.36. The number of benzene rings is 1. The maximum atomic E-state index is 16.3. The smallest absolute Gasteiger partial charge is 0.276 e. The number of aryl methyl sites for hydroxylation is 1. The maximum Gasteiger partial charge on any atom is 0.276 e. The molecule has 11 heteroatoms. The summed E-state index contributed by atoms with van der Waals surface area (Å²) in [5.41, 5.74) is 0.864. The topological polar surface area (TPSA) is 104 Å². The molecule has 2 bridgehead atoms. The number of piperazine rings is 1. The van der Waals surface area contributed by atoms with Gasteiger partial charge in [0, 0.05) is 37.3 Å². The van der Waals surface area contributed by atoms with Crippen LogP contribution in [0.5, 0.6) is 5.75 Å². The van der Waals surface area contributed by atoms with Gasteiger partial charge in [-0.25, -0.2) is 13.8 Å². The number of aromatic nitrogens is 3. The fourth-order valence-electron chi connectivity index (χ4n) is 6.36. The molecule has 0 aliphatic carbocycles. The second-order valence-electron chi connectivity index (χ2n) is 11.6. The monoisotopic (exact) mass is 610 g/mol. The molecule has 2 aliphatic heterocycles. The number of rotatable bonds is 3. The lowest BCUT2D eigenvalue weighted by atomic mass is 9.99. The average molecular weight is 611 g/mol. The predicted molar refractivity (Wildman–Crippen MR) is 167 cm³/mol. The van der Waals surface area contributed by atoms with Crippen LogP contribution in [-0.4, -0.2) is 57.6 Å². The van der Waals surface area contributed by atoms with Crippen molar-refractivity contribution in [3.63, 3.8) is 0 Å². The SMILES string of the molecule is C=CC(=O)N1CCN(c2c(C#N)c(=O)n3c4nc(c(F)cc24)-c2c(F)cccc2OCCCc2ccnc(C(C)C)c2-3)C(C)C1. The van der Waals surface area contributed by atoms with Crippen molar-refractivity contribution in [1.29, 1.82) is 5.26 Å². The number of halogens is 2. The molecular weight excluding hydrogens is 578 g/mol. The molecule has 3 aromatic heterocycles. The number of hydrogen-bond acceptors (Lipinski definition) is 7. The zero-order valence-electron chi connectivity index (χ0n) is 25.3. The van der Waals surface area contributed by atoms with Gasteiger partial charge in [0.15, 0.2) is 11.5 Å². The van der Waals surface area contributed by atoms with Crippen molar-refractivity contribution >= 4 is 22.6 Å². The van der Waals surface area contributed by atoms with Crippen LogP contribution in [0.15, 0.2) is 54.0 Å². The number of carbonyl (C=O) groups excluding carboxylic acids is 1. The van der Waals surface area contributed by atoms with E-state index < -0.39 is 17.2 Å². The van der Waals surface area contributed by atoms with Gasteiger partial charge in [0.1, 0.15) is 28.9 Å². The Hall–Kier alpha value is -5.11. The summed E-state index contributed by atoms with van der Waals surface area (Å²) in [6.07, 6.45) is 3.93. The van der Waals surface area contributed by atoms with Crippen molar-refractivity contribution in [3.8, 4) is 28.8 Å². The Morgan fingerprint density at radius 2 is 2.00 bits per heavy atom. The van der Waals surface area contributed by atoms with Gasteiger partial charge in [0.05, 0.1) is 29.2 Å². The van der Waals surface area contributed by atoms with E-state index in [0.29, 0.717) is 37.3 Å². The van der Waals surface area contributed by atoms with Gasteiger partial charge in [-0.05, 0) is 61.6 Å². The highest BCUT2D eigenvalue weighted by atomic mass is 19.1. The van der Waals surface area contributed by atoms with Crippen molar-refractivity contribution in [2.45, 2.75) is 45.6 Å². The van der Waals surface area contributed by atoms with Crippen LogP contribution in [-0.2, 0) is 11.2 Å². The molecule has 0 saturated carbocycles. The summed E-state index contributed by atoms with van der Waals surface area (Å²) in [7, 11) is 0. The van der Waals surface area contributed by atoms with E-state index in [1.165, 1.54) is 28.8 Å². The van der Waals surface area contributed by atoms with Crippen LogP contribution in [0, 0.1) is 23.0 Å². The number of ether oxygens (including phenoxy) is 1. The van der Waals surface area contributed by atoms with Gasteiger partial charge in [0.2, 0.25) is 5.91 Å². The number of hydrogen-bond donors (Lipinski definition) is 0. The first-order valence-corrected chi connectivity index (χ1v) is 14.9. The highest BCUT2D eigenvalue weighted by Crippen LogP contribution is 2.39. The minimum atomic E-state index is -0.839. The molecular formula is C34H32F2N6O3. The Morgan fingerprint density at radius 3 is 2.71 bits per heavy atom. The second-order valence-corrected chi connectivity index (χ2v) is 11.6. The summed E-state index contributed by atoms with van der Waals surface area (Å²) in [4.78, 5) is 39.7. The van der Waals surface area contributed by atoms with Gasteiger partial charge < -0.3 is 14.5 Å². The second kappa shape index (κ2) is 11.8. The van der Waals surface area contributed by atoms with Crippen molar-refractivity contribution in [3.05, 3.63) is 88.0 Å². The number of amides is 1. The van der Waals surface area contributed by atoms with Crippen LogP contribution in [0.3, 0.4) is 0 Å². The van der Waals surface area contributed by atoms with Crippen molar-refractivity contribution in [2.24, 2.45) is 0 Å². The van der Waals surface area contributed by atoms with Crippen LogP contribution in [0.2, 0.25) is 0 Å². The van der Waals surface area contributed by atoms with Gasteiger partial charge in [0.25, 0.3) is 5.56 Å². The molecule has 2 aliphatic rings. The molecule has 1 unspecified atom stereocenters. The van der Waals surface area contributed by atoms with E-state index in [9.17, 15) is 14.9 Å². The van der Waals surface area contributed by atoms with Gasteiger partial charge >= 0.3 is 0 Å². The summed E-state index contributed by atoms with van der Waals surface area (Å²) in [5.74, 6) is -1.77. The van der Waals surface area contributed by atoms with Crippen LogP contribution in [0.4, 0.5) is 14.5 Å². The average Bonchev–Trinajstić information content (AvgIpc) is 3.02. The van der Waals surface area contributed by atoms with E-state index in [4.69, 9.17) is 9.72 Å². The largest absolute Gasteiger partial charge is 0.493 e. The number of carbonyl (C=O) groups is 1.